The summed E-state index contributed by atoms with van der Waals surface area (Å²) >= 11 is 0. The number of benzene rings is 1. The molecule has 2 aromatic rings. The van der Waals surface area contributed by atoms with Crippen molar-refractivity contribution < 1.29 is 14.0 Å². The third-order valence-corrected chi connectivity index (χ3v) is 3.22. The fourth-order valence-corrected chi connectivity index (χ4v) is 2.00. The molecule has 3 rings (SSSR count). The summed E-state index contributed by atoms with van der Waals surface area (Å²) in [7, 11) is -0.618. The highest BCUT2D eigenvalue weighted by Crippen LogP contribution is 2.23. The molecule has 1 saturated heterocycles. The van der Waals surface area contributed by atoms with E-state index in [9.17, 15) is 0 Å². The van der Waals surface area contributed by atoms with Gasteiger partial charge in [0.2, 0.25) is 0 Å². The summed E-state index contributed by atoms with van der Waals surface area (Å²) in [6, 6.07) is 11.6. The standard InChI is InChI=1S/C16H15BN2O3/c1-11-12(2)22-17(21-11)14-8-15(16(18)19-9-14)20-10-13-6-4-3-5-7-13/h3-9H,1-2,10H2,(H2,18,19). The van der Waals surface area contributed by atoms with Crippen LogP contribution in [-0.4, -0.2) is 12.1 Å². The summed E-state index contributed by atoms with van der Waals surface area (Å²) in [6.07, 6.45) is 1.58. The van der Waals surface area contributed by atoms with Gasteiger partial charge in [-0.2, -0.15) is 0 Å². The van der Waals surface area contributed by atoms with Crippen LogP contribution < -0.4 is 15.9 Å². The third-order valence-electron chi connectivity index (χ3n) is 3.22. The first-order valence-corrected chi connectivity index (χ1v) is 6.77. The van der Waals surface area contributed by atoms with Crippen LogP contribution in [-0.2, 0) is 15.9 Å². The number of hydrogen-bond acceptors (Lipinski definition) is 5. The van der Waals surface area contributed by atoms with E-state index in [1.165, 1.54) is 0 Å². The molecule has 0 unspecified atom stereocenters. The van der Waals surface area contributed by atoms with Crippen molar-refractivity contribution in [3.63, 3.8) is 0 Å². The second kappa shape index (κ2) is 5.85. The lowest BCUT2D eigenvalue weighted by atomic mass is 9.80. The minimum atomic E-state index is -0.618. The number of hydrogen-bond donors (Lipinski definition) is 1. The summed E-state index contributed by atoms with van der Waals surface area (Å²) in [5.41, 5.74) is 7.59. The van der Waals surface area contributed by atoms with E-state index in [0.29, 0.717) is 35.2 Å². The van der Waals surface area contributed by atoms with Crippen LogP contribution >= 0.6 is 0 Å². The predicted octanol–water partition coefficient (Wildman–Crippen LogP) is 2.01. The SMILES string of the molecule is C=C1OB(c2cnc(N)c(OCc3ccccc3)c2)OC1=C. The first kappa shape index (κ1) is 14.1. The molecule has 6 heteroatoms. The molecule has 0 spiro atoms. The predicted molar refractivity (Wildman–Crippen MR) is 85.3 cm³/mol. The number of aromatic nitrogens is 1. The van der Waals surface area contributed by atoms with Gasteiger partial charge >= 0.3 is 7.12 Å². The summed E-state index contributed by atoms with van der Waals surface area (Å²) in [5, 5.41) is 0. The van der Waals surface area contributed by atoms with Gasteiger partial charge in [-0.3, -0.25) is 0 Å². The van der Waals surface area contributed by atoms with Gasteiger partial charge in [-0.15, -0.1) is 0 Å². The van der Waals surface area contributed by atoms with Crippen LogP contribution in [0, 0.1) is 0 Å². The van der Waals surface area contributed by atoms with Crippen molar-refractivity contribution >= 4 is 18.4 Å². The molecule has 2 N–H and O–H groups in total. The van der Waals surface area contributed by atoms with E-state index < -0.39 is 7.12 Å². The van der Waals surface area contributed by atoms with Crippen molar-refractivity contribution in [2.75, 3.05) is 5.73 Å². The van der Waals surface area contributed by atoms with E-state index >= 15 is 0 Å². The monoisotopic (exact) mass is 294 g/mol. The van der Waals surface area contributed by atoms with Gasteiger partial charge < -0.3 is 19.8 Å². The minimum absolute atomic E-state index is 0.315. The van der Waals surface area contributed by atoms with E-state index in [0.717, 1.165) is 5.56 Å². The van der Waals surface area contributed by atoms with Crippen molar-refractivity contribution in [3.8, 4) is 5.75 Å². The van der Waals surface area contributed by atoms with Gasteiger partial charge in [-0.05, 0) is 11.6 Å². The zero-order chi connectivity index (χ0) is 15.5. The van der Waals surface area contributed by atoms with Crippen molar-refractivity contribution in [3.05, 3.63) is 72.8 Å². The van der Waals surface area contributed by atoms with Crippen LogP contribution in [0.5, 0.6) is 5.75 Å². The van der Waals surface area contributed by atoms with Gasteiger partial charge in [-0.25, -0.2) is 4.98 Å². The Labute approximate surface area is 129 Å². The van der Waals surface area contributed by atoms with Crippen LogP contribution in [0.1, 0.15) is 5.56 Å². The summed E-state index contributed by atoms with van der Waals surface area (Å²) in [6.45, 7) is 7.81. The highest BCUT2D eigenvalue weighted by atomic mass is 16.6. The zero-order valence-corrected chi connectivity index (χ0v) is 12.0. The molecule has 22 heavy (non-hydrogen) atoms. The Morgan fingerprint density at radius 2 is 1.82 bits per heavy atom. The maximum Gasteiger partial charge on any atom is 0.634 e. The van der Waals surface area contributed by atoms with E-state index in [-0.39, 0.29) is 0 Å². The van der Waals surface area contributed by atoms with Crippen LogP contribution in [0.4, 0.5) is 5.82 Å². The Morgan fingerprint density at radius 3 is 2.50 bits per heavy atom. The second-order valence-corrected chi connectivity index (χ2v) is 4.84. The molecule has 5 nitrogen and oxygen atoms in total. The molecule has 1 aliphatic heterocycles. The molecule has 2 heterocycles. The molecule has 1 aliphatic rings. The molecular formula is C16H15BN2O3. The minimum Gasteiger partial charge on any atom is -0.520 e. The lowest BCUT2D eigenvalue weighted by Crippen LogP contribution is -2.32. The lowest BCUT2D eigenvalue weighted by molar-refractivity contribution is 0.307. The molecule has 0 bridgehead atoms. The number of nitrogen functional groups attached to an aromatic ring is 1. The number of anilines is 1. The second-order valence-electron chi connectivity index (χ2n) is 4.84. The fraction of sp³-hybridized carbons (Fsp3) is 0.0625. The van der Waals surface area contributed by atoms with Gasteiger partial charge in [0.1, 0.15) is 18.1 Å². The van der Waals surface area contributed by atoms with Gasteiger partial charge in [0.05, 0.1) is 0 Å². The van der Waals surface area contributed by atoms with Crippen LogP contribution in [0.25, 0.3) is 0 Å². The van der Waals surface area contributed by atoms with Crippen LogP contribution in [0.3, 0.4) is 0 Å². The number of nitrogens with two attached hydrogens (primary N) is 1. The average molecular weight is 294 g/mol. The van der Waals surface area contributed by atoms with Crippen molar-refractivity contribution in [2.24, 2.45) is 0 Å². The highest BCUT2D eigenvalue weighted by molar-refractivity contribution is 6.62. The normalized spacial score (nSPS) is 13.7. The highest BCUT2D eigenvalue weighted by Gasteiger charge is 2.35. The van der Waals surface area contributed by atoms with Crippen molar-refractivity contribution in [1.82, 2.24) is 4.98 Å². The molecule has 0 radical (unpaired) electrons. The van der Waals surface area contributed by atoms with Crippen LogP contribution in [0.15, 0.2) is 67.3 Å². The van der Waals surface area contributed by atoms with E-state index in [4.69, 9.17) is 19.8 Å². The summed E-state index contributed by atoms with van der Waals surface area (Å²) < 4.78 is 16.7. The molecule has 0 aliphatic carbocycles. The Balaban J connectivity index is 1.75. The summed E-state index contributed by atoms with van der Waals surface area (Å²) in [4.78, 5) is 4.12. The Kier molecular flexibility index (Phi) is 3.74. The fourth-order valence-electron chi connectivity index (χ4n) is 2.00. The first-order chi connectivity index (χ1) is 10.6. The van der Waals surface area contributed by atoms with E-state index in [1.54, 1.807) is 12.3 Å². The lowest BCUT2D eigenvalue weighted by Gasteiger charge is -2.10. The molecule has 1 aromatic carbocycles. The first-order valence-electron chi connectivity index (χ1n) is 6.77. The molecule has 0 amide bonds. The zero-order valence-electron chi connectivity index (χ0n) is 12.0. The van der Waals surface area contributed by atoms with Gasteiger partial charge in [0, 0.05) is 11.7 Å². The topological polar surface area (TPSA) is 66.6 Å². The molecule has 1 aromatic heterocycles. The van der Waals surface area contributed by atoms with Crippen LogP contribution in [0.2, 0.25) is 0 Å². The Morgan fingerprint density at radius 1 is 1.14 bits per heavy atom. The molecule has 0 atom stereocenters. The molecular weight excluding hydrogens is 279 g/mol. The molecule has 0 saturated carbocycles. The summed E-state index contributed by atoms with van der Waals surface area (Å²) in [5.74, 6) is 1.62. The number of pyridine rings is 1. The Bertz CT molecular complexity index is 703. The Hall–Kier alpha value is -2.89. The maximum absolute atomic E-state index is 5.85. The quantitative estimate of drug-likeness (QED) is 0.874. The average Bonchev–Trinajstić information content (AvgIpc) is 2.87. The van der Waals surface area contributed by atoms with Crippen molar-refractivity contribution in [1.29, 1.82) is 0 Å². The third kappa shape index (κ3) is 2.91. The smallest absolute Gasteiger partial charge is 0.520 e. The maximum atomic E-state index is 5.85. The number of rotatable bonds is 4. The number of nitrogens with zero attached hydrogens (tertiary/aromatic N) is 1. The van der Waals surface area contributed by atoms with Crippen molar-refractivity contribution in [2.45, 2.75) is 6.61 Å². The van der Waals surface area contributed by atoms with Gasteiger partial charge in [0.25, 0.3) is 0 Å². The van der Waals surface area contributed by atoms with Gasteiger partial charge in [0.15, 0.2) is 11.6 Å². The molecule has 1 fully saturated rings. The van der Waals surface area contributed by atoms with E-state index in [1.807, 2.05) is 30.3 Å². The van der Waals surface area contributed by atoms with E-state index in [2.05, 4.69) is 18.1 Å². The largest absolute Gasteiger partial charge is 0.634 e. The number of ether oxygens (including phenoxy) is 1. The molecule has 110 valence electrons. The van der Waals surface area contributed by atoms with Gasteiger partial charge in [-0.1, -0.05) is 43.5 Å².